The highest BCUT2D eigenvalue weighted by molar-refractivity contribution is 6.24. The number of nitrogens with zero attached hydrogens (tertiary/aromatic N) is 1. The van der Waals surface area contributed by atoms with Gasteiger partial charge in [-0.2, -0.15) is 0 Å². The molecule has 0 spiro atoms. The maximum absolute atomic E-state index is 11.5. The Hall–Kier alpha value is -2.30. The van der Waals surface area contributed by atoms with E-state index in [1.165, 1.54) is 0 Å². The number of carbonyl (C=O) groups is 1. The Bertz CT molecular complexity index is 575. The van der Waals surface area contributed by atoms with E-state index in [0.717, 1.165) is 12.0 Å². The zero-order valence-electron chi connectivity index (χ0n) is 11.8. The van der Waals surface area contributed by atoms with Gasteiger partial charge in [0.2, 0.25) is 0 Å². The third-order valence-corrected chi connectivity index (χ3v) is 2.84. The van der Waals surface area contributed by atoms with Gasteiger partial charge in [0.25, 0.3) is 0 Å². The maximum Gasteiger partial charge on any atom is 0.367 e. The molecule has 0 radical (unpaired) electrons. The number of rotatable bonds is 5. The van der Waals surface area contributed by atoms with Crippen LogP contribution in [0.1, 0.15) is 25.8 Å². The Balaban J connectivity index is 2.28. The molecule has 0 saturated carbocycles. The maximum atomic E-state index is 11.5. The first-order chi connectivity index (χ1) is 9.65. The van der Waals surface area contributed by atoms with Crippen LogP contribution in [0.4, 0.5) is 0 Å². The minimum absolute atomic E-state index is 0.437. The van der Waals surface area contributed by atoms with Crippen LogP contribution in [0.15, 0.2) is 28.9 Å². The summed E-state index contributed by atoms with van der Waals surface area (Å²) in [6.45, 7) is 4.40. The van der Waals surface area contributed by atoms with E-state index < -0.39 is 5.97 Å². The molecular formula is C15H17NO4. The Kier molecular flexibility index (Phi) is 4.40. The molecule has 0 amide bonds. The fraction of sp³-hybridized carbons (Fsp3) is 0.333. The van der Waals surface area contributed by atoms with Gasteiger partial charge in [-0.1, -0.05) is 18.1 Å². The zero-order chi connectivity index (χ0) is 14.5. The van der Waals surface area contributed by atoms with E-state index in [0.29, 0.717) is 29.4 Å². The molecule has 1 aliphatic rings. The standard InChI is InChI=1S/C15H17NO4/c1-4-7-19-13-6-5-11(9-14(13)18-3)8-12-10(2)16-20-15(12)17/h5-6,8-9H,4,7H2,1-3H3/b12-8-. The van der Waals surface area contributed by atoms with Gasteiger partial charge in [-0.05, 0) is 37.1 Å². The highest BCUT2D eigenvalue weighted by Crippen LogP contribution is 2.29. The zero-order valence-corrected chi connectivity index (χ0v) is 11.8. The van der Waals surface area contributed by atoms with Gasteiger partial charge >= 0.3 is 5.97 Å². The second-order valence-corrected chi connectivity index (χ2v) is 4.37. The van der Waals surface area contributed by atoms with Crippen molar-refractivity contribution in [3.63, 3.8) is 0 Å². The molecule has 1 aromatic carbocycles. The molecule has 0 aliphatic carbocycles. The Morgan fingerprint density at radius 1 is 1.35 bits per heavy atom. The van der Waals surface area contributed by atoms with E-state index >= 15 is 0 Å². The number of carbonyl (C=O) groups excluding carboxylic acids is 1. The normalized spacial score (nSPS) is 16.1. The molecule has 0 atom stereocenters. The van der Waals surface area contributed by atoms with Crippen LogP contribution in [-0.4, -0.2) is 25.4 Å². The first-order valence-corrected chi connectivity index (χ1v) is 6.44. The number of hydrogen-bond donors (Lipinski definition) is 0. The van der Waals surface area contributed by atoms with E-state index in [9.17, 15) is 4.79 Å². The molecule has 0 fully saturated rings. The van der Waals surface area contributed by atoms with Crippen LogP contribution < -0.4 is 9.47 Å². The molecule has 20 heavy (non-hydrogen) atoms. The summed E-state index contributed by atoms with van der Waals surface area (Å²) in [5.41, 5.74) is 1.85. The van der Waals surface area contributed by atoms with E-state index in [4.69, 9.17) is 9.47 Å². The predicted octanol–water partition coefficient (Wildman–Crippen LogP) is 2.80. The van der Waals surface area contributed by atoms with Gasteiger partial charge in [0, 0.05) is 0 Å². The third-order valence-electron chi connectivity index (χ3n) is 2.84. The fourth-order valence-electron chi connectivity index (χ4n) is 1.79. The molecule has 5 nitrogen and oxygen atoms in total. The van der Waals surface area contributed by atoms with Gasteiger partial charge in [0.1, 0.15) is 0 Å². The topological polar surface area (TPSA) is 57.1 Å². The van der Waals surface area contributed by atoms with Crippen LogP contribution in [0.5, 0.6) is 11.5 Å². The summed E-state index contributed by atoms with van der Waals surface area (Å²) >= 11 is 0. The van der Waals surface area contributed by atoms with Gasteiger partial charge in [-0.25, -0.2) is 4.79 Å². The molecule has 106 valence electrons. The molecule has 1 heterocycles. The van der Waals surface area contributed by atoms with E-state index in [1.807, 2.05) is 25.1 Å². The van der Waals surface area contributed by atoms with Crippen molar-refractivity contribution >= 4 is 17.8 Å². The largest absolute Gasteiger partial charge is 0.493 e. The monoisotopic (exact) mass is 275 g/mol. The lowest BCUT2D eigenvalue weighted by Gasteiger charge is -2.10. The van der Waals surface area contributed by atoms with Crippen molar-refractivity contribution in [3.8, 4) is 11.5 Å². The van der Waals surface area contributed by atoms with Crippen molar-refractivity contribution in [1.29, 1.82) is 0 Å². The lowest BCUT2D eigenvalue weighted by Crippen LogP contribution is -2.02. The van der Waals surface area contributed by atoms with Crippen LogP contribution in [0.2, 0.25) is 0 Å². The number of hydrogen-bond acceptors (Lipinski definition) is 5. The summed E-state index contributed by atoms with van der Waals surface area (Å²) in [4.78, 5) is 16.1. The fourth-order valence-corrected chi connectivity index (χ4v) is 1.79. The summed E-state index contributed by atoms with van der Waals surface area (Å²) in [5.74, 6) is 0.886. The van der Waals surface area contributed by atoms with Gasteiger partial charge in [0.05, 0.1) is 25.0 Å². The third kappa shape index (κ3) is 2.99. The highest BCUT2D eigenvalue weighted by atomic mass is 16.7. The quantitative estimate of drug-likeness (QED) is 0.612. The first kappa shape index (κ1) is 14.1. The summed E-state index contributed by atoms with van der Waals surface area (Å²) in [7, 11) is 1.58. The van der Waals surface area contributed by atoms with Crippen LogP contribution in [0, 0.1) is 0 Å². The summed E-state index contributed by atoms with van der Waals surface area (Å²) in [6, 6.07) is 5.50. The lowest BCUT2D eigenvalue weighted by molar-refractivity contribution is -0.136. The predicted molar refractivity (Wildman–Crippen MR) is 76.0 cm³/mol. The van der Waals surface area contributed by atoms with Crippen molar-refractivity contribution < 1.29 is 19.1 Å². The molecule has 0 aromatic heterocycles. The number of methoxy groups -OCH3 is 1. The molecule has 5 heteroatoms. The molecule has 2 rings (SSSR count). The Morgan fingerprint density at radius 3 is 2.75 bits per heavy atom. The molecule has 0 N–H and O–H groups in total. The minimum Gasteiger partial charge on any atom is -0.493 e. The first-order valence-electron chi connectivity index (χ1n) is 6.44. The molecule has 1 aromatic rings. The molecule has 0 bridgehead atoms. The molecule has 0 saturated heterocycles. The number of benzene rings is 1. The van der Waals surface area contributed by atoms with Gasteiger partial charge in [0.15, 0.2) is 11.5 Å². The second kappa shape index (κ2) is 6.23. The minimum atomic E-state index is -0.437. The van der Waals surface area contributed by atoms with Gasteiger partial charge in [-0.15, -0.1) is 0 Å². The average molecular weight is 275 g/mol. The molecule has 1 aliphatic heterocycles. The van der Waals surface area contributed by atoms with E-state index in [-0.39, 0.29) is 0 Å². The van der Waals surface area contributed by atoms with Gasteiger partial charge in [-0.3, -0.25) is 0 Å². The van der Waals surface area contributed by atoms with E-state index in [2.05, 4.69) is 9.99 Å². The SMILES string of the molecule is CCCOc1ccc(/C=C2\C(=O)ON=C2C)cc1OC. The van der Waals surface area contributed by atoms with Crippen molar-refractivity contribution in [2.24, 2.45) is 5.16 Å². The number of ether oxygens (including phenoxy) is 2. The van der Waals surface area contributed by atoms with Crippen LogP contribution >= 0.6 is 0 Å². The van der Waals surface area contributed by atoms with Gasteiger partial charge < -0.3 is 14.3 Å². The average Bonchev–Trinajstić information content (AvgIpc) is 2.77. The van der Waals surface area contributed by atoms with Crippen molar-refractivity contribution in [2.75, 3.05) is 13.7 Å². The van der Waals surface area contributed by atoms with Crippen molar-refractivity contribution in [2.45, 2.75) is 20.3 Å². The summed E-state index contributed by atoms with van der Waals surface area (Å²) in [5, 5.41) is 3.64. The molecule has 0 unspecified atom stereocenters. The Labute approximate surface area is 117 Å². The lowest BCUT2D eigenvalue weighted by atomic mass is 10.1. The van der Waals surface area contributed by atoms with Crippen LogP contribution in [-0.2, 0) is 9.63 Å². The number of oxime groups is 1. The van der Waals surface area contributed by atoms with Crippen molar-refractivity contribution in [3.05, 3.63) is 29.3 Å². The van der Waals surface area contributed by atoms with Crippen molar-refractivity contribution in [1.82, 2.24) is 0 Å². The summed E-state index contributed by atoms with van der Waals surface area (Å²) < 4.78 is 10.9. The van der Waals surface area contributed by atoms with Crippen LogP contribution in [0.3, 0.4) is 0 Å². The summed E-state index contributed by atoms with van der Waals surface area (Å²) in [6.07, 6.45) is 2.65. The van der Waals surface area contributed by atoms with Crippen LogP contribution in [0.25, 0.3) is 6.08 Å². The Morgan fingerprint density at radius 2 is 2.15 bits per heavy atom. The second-order valence-electron chi connectivity index (χ2n) is 4.37. The highest BCUT2D eigenvalue weighted by Gasteiger charge is 2.21. The smallest absolute Gasteiger partial charge is 0.367 e. The van der Waals surface area contributed by atoms with E-state index in [1.54, 1.807) is 20.1 Å². The molecular weight excluding hydrogens is 258 g/mol.